The van der Waals surface area contributed by atoms with Crippen LogP contribution in [0.15, 0.2) is 65.0 Å². The van der Waals surface area contributed by atoms with E-state index in [1.54, 1.807) is 29.6 Å². The summed E-state index contributed by atoms with van der Waals surface area (Å²) < 4.78 is 32.5. The number of carbonyl (C=O) groups excluding carboxylic acids is 2. The van der Waals surface area contributed by atoms with Crippen LogP contribution in [0.3, 0.4) is 0 Å². The molecular weight excluding hydrogens is 476 g/mol. The largest absolute Gasteiger partial charge is 0.436 e. The Kier molecular flexibility index (Phi) is 6.31. The summed E-state index contributed by atoms with van der Waals surface area (Å²) in [6.07, 6.45) is 0.136. The summed E-state index contributed by atoms with van der Waals surface area (Å²) in [7, 11) is -3.79. The number of nitrogens with one attached hydrogen (secondary N) is 2. The lowest BCUT2D eigenvalue weighted by Gasteiger charge is -2.17. The van der Waals surface area contributed by atoms with Crippen molar-refractivity contribution >= 4 is 61.5 Å². The lowest BCUT2D eigenvalue weighted by molar-refractivity contribution is -0.124. The van der Waals surface area contributed by atoms with Crippen LogP contribution in [0.5, 0.6) is 0 Å². The second-order valence-corrected chi connectivity index (χ2v) is 9.75. The fourth-order valence-electron chi connectivity index (χ4n) is 3.08. The maximum absolute atomic E-state index is 12.7. The van der Waals surface area contributed by atoms with Gasteiger partial charge in [0.15, 0.2) is 11.2 Å². The van der Waals surface area contributed by atoms with E-state index in [0.717, 1.165) is 0 Å². The second-order valence-electron chi connectivity index (χ2n) is 6.74. The van der Waals surface area contributed by atoms with E-state index in [1.165, 1.54) is 46.7 Å². The molecule has 1 atom stereocenters. The van der Waals surface area contributed by atoms with Gasteiger partial charge in [0, 0.05) is 45.2 Å². The highest BCUT2D eigenvalue weighted by molar-refractivity contribution is 7.93. The van der Waals surface area contributed by atoms with Crippen molar-refractivity contribution in [3.8, 4) is 0 Å². The number of anilines is 3. The topological polar surface area (TPSA) is 118 Å². The van der Waals surface area contributed by atoms with Gasteiger partial charge in [0.2, 0.25) is 0 Å². The van der Waals surface area contributed by atoms with Gasteiger partial charge in [-0.2, -0.15) is 0 Å². The number of hydrogen-bond acceptors (Lipinski definition) is 7. The Balaban J connectivity index is 0.00000204. The molecule has 172 valence electrons. The predicted molar refractivity (Wildman–Crippen MR) is 128 cm³/mol. The van der Waals surface area contributed by atoms with Crippen molar-refractivity contribution in [2.24, 2.45) is 0 Å². The number of hydrogen-bond donors (Lipinski definition) is 2. The third-order valence-electron chi connectivity index (χ3n) is 4.61. The van der Waals surface area contributed by atoms with Crippen LogP contribution in [0.2, 0.25) is 5.02 Å². The predicted octanol–water partition coefficient (Wildman–Crippen LogP) is 4.69. The maximum atomic E-state index is 12.7. The maximum Gasteiger partial charge on any atom is 0.412 e. The zero-order chi connectivity index (χ0) is 22.7. The van der Waals surface area contributed by atoms with Gasteiger partial charge in [-0.3, -0.25) is 14.8 Å². The Hall–Kier alpha value is -3.15. The van der Waals surface area contributed by atoms with E-state index in [9.17, 15) is 18.0 Å². The summed E-state index contributed by atoms with van der Waals surface area (Å²) in [5.41, 5.74) is 0.997. The van der Waals surface area contributed by atoms with Crippen LogP contribution in [-0.4, -0.2) is 38.1 Å². The summed E-state index contributed by atoms with van der Waals surface area (Å²) in [5.74, 6) is -0.382. The molecule has 1 aromatic heterocycles. The van der Waals surface area contributed by atoms with E-state index in [2.05, 4.69) is 15.0 Å². The molecule has 0 saturated carbocycles. The molecule has 0 aliphatic carbocycles. The SMILES string of the molecule is O=C(Nc1ccc(Cl)cc1)O[C@H]1CCN(c2ccc(S(=O)(=O)Nc3nccs3)cc2)C1=O.[HH].[HH].[HH]. The standard InChI is InChI=1S/C20H17ClN4O5S2.3H2/c21-13-1-3-14(4-2-13)23-20(27)30-17-9-11-25(18(17)26)15-5-7-16(8-6-15)32(28,29)24-19-22-10-12-31-19;;;/h1-8,10,12,17H,9,11H2,(H,22,24)(H,23,27);3*1H/t17-;;;/m0.../s1. The Bertz CT molecular complexity index is 1230. The summed E-state index contributed by atoms with van der Waals surface area (Å²) >= 11 is 6.98. The third kappa shape index (κ3) is 5.01. The Morgan fingerprint density at radius 2 is 1.91 bits per heavy atom. The summed E-state index contributed by atoms with van der Waals surface area (Å²) in [5, 5.41) is 5.00. The molecule has 2 aromatic carbocycles. The number of amides is 2. The minimum absolute atomic E-state index is 0. The van der Waals surface area contributed by atoms with Gasteiger partial charge in [0.05, 0.1) is 4.90 Å². The summed E-state index contributed by atoms with van der Waals surface area (Å²) in [6.45, 7) is 0.335. The van der Waals surface area contributed by atoms with E-state index in [1.807, 2.05) is 0 Å². The van der Waals surface area contributed by atoms with E-state index >= 15 is 0 Å². The average molecular weight is 499 g/mol. The number of nitrogens with zero attached hydrogens (tertiary/aromatic N) is 2. The molecule has 2 amide bonds. The molecule has 1 saturated heterocycles. The van der Waals surface area contributed by atoms with Crippen LogP contribution >= 0.6 is 22.9 Å². The van der Waals surface area contributed by atoms with Crippen molar-refractivity contribution in [1.82, 2.24) is 4.98 Å². The Labute approximate surface area is 197 Å². The van der Waals surface area contributed by atoms with E-state index in [4.69, 9.17) is 16.3 Å². The molecule has 1 fully saturated rings. The number of sulfonamides is 1. The number of halogens is 1. The van der Waals surface area contributed by atoms with Gasteiger partial charge < -0.3 is 9.64 Å². The van der Waals surface area contributed by atoms with E-state index < -0.39 is 22.2 Å². The van der Waals surface area contributed by atoms with Gasteiger partial charge in [-0.1, -0.05) is 11.6 Å². The van der Waals surface area contributed by atoms with Crippen LogP contribution in [0.4, 0.5) is 21.3 Å². The molecule has 32 heavy (non-hydrogen) atoms. The van der Waals surface area contributed by atoms with Crippen molar-refractivity contribution < 1.29 is 27.0 Å². The quantitative estimate of drug-likeness (QED) is 0.509. The smallest absolute Gasteiger partial charge is 0.412 e. The second kappa shape index (κ2) is 9.15. The molecule has 0 radical (unpaired) electrons. The van der Waals surface area contributed by atoms with Crippen molar-refractivity contribution in [3.05, 3.63) is 65.1 Å². The molecule has 0 unspecified atom stereocenters. The van der Waals surface area contributed by atoms with Crippen LogP contribution in [0, 0.1) is 0 Å². The minimum atomic E-state index is -3.79. The van der Waals surface area contributed by atoms with Gasteiger partial charge in [-0.15, -0.1) is 11.3 Å². The zero-order valence-electron chi connectivity index (χ0n) is 16.4. The monoisotopic (exact) mass is 498 g/mol. The van der Waals surface area contributed by atoms with Crippen molar-refractivity contribution in [1.29, 1.82) is 0 Å². The molecule has 2 N–H and O–H groups in total. The molecular formula is C20H23ClN4O5S2. The van der Waals surface area contributed by atoms with Gasteiger partial charge in [0.1, 0.15) is 0 Å². The van der Waals surface area contributed by atoms with E-state index in [0.29, 0.717) is 29.4 Å². The minimum Gasteiger partial charge on any atom is -0.436 e. The normalized spacial score (nSPS) is 16.1. The van der Waals surface area contributed by atoms with Gasteiger partial charge in [-0.25, -0.2) is 18.2 Å². The highest BCUT2D eigenvalue weighted by Crippen LogP contribution is 2.26. The fraction of sp³-hybridized carbons (Fsp3) is 0.150. The molecule has 1 aliphatic heterocycles. The first kappa shape index (κ1) is 22.1. The number of rotatable bonds is 6. The summed E-state index contributed by atoms with van der Waals surface area (Å²) in [4.78, 5) is 30.2. The number of thiazole rings is 1. The average Bonchev–Trinajstić information content (AvgIpc) is 3.39. The van der Waals surface area contributed by atoms with Crippen molar-refractivity contribution in [3.63, 3.8) is 0 Å². The van der Waals surface area contributed by atoms with Crippen molar-refractivity contribution in [2.75, 3.05) is 21.5 Å². The van der Waals surface area contributed by atoms with Crippen LogP contribution in [0.1, 0.15) is 10.7 Å². The zero-order valence-corrected chi connectivity index (χ0v) is 18.8. The highest BCUT2D eigenvalue weighted by atomic mass is 35.5. The first-order chi connectivity index (χ1) is 15.3. The molecule has 1 aliphatic rings. The van der Waals surface area contributed by atoms with Gasteiger partial charge >= 0.3 is 6.09 Å². The number of ether oxygens (including phenoxy) is 1. The first-order valence-electron chi connectivity index (χ1n) is 9.39. The highest BCUT2D eigenvalue weighted by Gasteiger charge is 2.35. The summed E-state index contributed by atoms with van der Waals surface area (Å²) in [6, 6.07) is 12.3. The van der Waals surface area contributed by atoms with Gasteiger partial charge in [0.25, 0.3) is 15.9 Å². The third-order valence-corrected chi connectivity index (χ3v) is 7.03. The van der Waals surface area contributed by atoms with E-state index in [-0.39, 0.29) is 20.2 Å². The fourth-order valence-corrected chi connectivity index (χ4v) is 5.00. The first-order valence-corrected chi connectivity index (χ1v) is 12.1. The molecule has 2 heterocycles. The van der Waals surface area contributed by atoms with Gasteiger partial charge in [-0.05, 0) is 48.5 Å². The molecule has 0 spiro atoms. The number of carbonyl (C=O) groups is 2. The molecule has 0 bridgehead atoms. The van der Waals surface area contributed by atoms with Crippen molar-refractivity contribution in [2.45, 2.75) is 17.4 Å². The molecule has 3 aromatic rings. The van der Waals surface area contributed by atoms with Crippen LogP contribution in [-0.2, 0) is 19.6 Å². The lowest BCUT2D eigenvalue weighted by Crippen LogP contribution is -2.33. The number of benzene rings is 2. The number of aromatic nitrogens is 1. The molecule has 12 heteroatoms. The molecule has 4 rings (SSSR count). The lowest BCUT2D eigenvalue weighted by atomic mass is 10.3. The molecule has 9 nitrogen and oxygen atoms in total. The van der Waals surface area contributed by atoms with Crippen LogP contribution < -0.4 is 14.9 Å². The Morgan fingerprint density at radius 1 is 1.19 bits per heavy atom. The van der Waals surface area contributed by atoms with Crippen LogP contribution in [0.25, 0.3) is 0 Å². The Morgan fingerprint density at radius 3 is 2.56 bits per heavy atom.